The van der Waals surface area contributed by atoms with Crippen molar-refractivity contribution < 1.29 is 28.8 Å². The zero-order valence-electron chi connectivity index (χ0n) is 21.5. The van der Waals surface area contributed by atoms with Crippen LogP contribution in [0.2, 0.25) is 5.02 Å². The van der Waals surface area contributed by atoms with E-state index in [1.165, 1.54) is 11.8 Å². The molecule has 0 saturated carbocycles. The first-order valence-corrected chi connectivity index (χ1v) is 14.5. The van der Waals surface area contributed by atoms with Crippen LogP contribution in [0, 0.1) is 0 Å². The van der Waals surface area contributed by atoms with Crippen molar-refractivity contribution >= 4 is 23.4 Å². The van der Waals surface area contributed by atoms with Crippen molar-refractivity contribution in [1.29, 1.82) is 0 Å². The highest BCUT2D eigenvalue weighted by molar-refractivity contribution is 8.00. The molecule has 0 amide bonds. The zero-order valence-corrected chi connectivity index (χ0v) is 23.1. The molecule has 2 fully saturated rings. The molecule has 2 aliphatic rings. The molecule has 3 rings (SSSR count). The third kappa shape index (κ3) is 8.30. The Kier molecular flexibility index (Phi) is 12.6. The first kappa shape index (κ1) is 29.2. The number of aliphatic hydroxyl groups is 1. The Morgan fingerprint density at radius 1 is 1.00 bits per heavy atom. The molecular weight excluding hydrogens is 488 g/mol. The third-order valence-electron chi connectivity index (χ3n) is 6.44. The molecule has 200 valence electrons. The van der Waals surface area contributed by atoms with Gasteiger partial charge in [0.25, 0.3) is 0 Å². The highest BCUT2D eigenvalue weighted by atomic mass is 35.5. The van der Waals surface area contributed by atoms with Gasteiger partial charge < -0.3 is 28.8 Å². The van der Waals surface area contributed by atoms with Crippen LogP contribution >= 0.6 is 23.4 Å². The van der Waals surface area contributed by atoms with E-state index >= 15 is 0 Å². The Morgan fingerprint density at radius 3 is 2.34 bits per heavy atom. The lowest BCUT2D eigenvalue weighted by Gasteiger charge is -2.45. The standard InChI is InChI=1S/C27H43ClO6S/c1-4-7-12-30-19-24-25(32-14-9-6-3)23(31-13-8-5-2)18-27(29,35-24)20-10-11-22(28)21(17-20)26-33-15-16-34-26/h10-11,17,23-26,29H,4-9,12-16,18-19H2,1-3H3/t23-,24-,25+,27?/m1/s1. The van der Waals surface area contributed by atoms with Gasteiger partial charge in [0.2, 0.25) is 0 Å². The minimum Gasteiger partial charge on any atom is -0.380 e. The maximum atomic E-state index is 12.0. The Hall–Kier alpha value is -0.380. The van der Waals surface area contributed by atoms with Crippen molar-refractivity contribution in [1.82, 2.24) is 0 Å². The second-order valence-electron chi connectivity index (χ2n) is 9.33. The summed E-state index contributed by atoms with van der Waals surface area (Å²) in [5.41, 5.74) is 1.52. The number of unbranched alkanes of at least 4 members (excludes halogenated alkanes) is 3. The number of hydrogen-bond acceptors (Lipinski definition) is 7. The van der Waals surface area contributed by atoms with Crippen molar-refractivity contribution in [3.05, 3.63) is 34.3 Å². The fraction of sp³-hybridized carbons (Fsp3) is 0.778. The molecule has 6 nitrogen and oxygen atoms in total. The van der Waals surface area contributed by atoms with Gasteiger partial charge in [0.05, 0.1) is 37.3 Å². The summed E-state index contributed by atoms with van der Waals surface area (Å²) >= 11 is 7.99. The number of halogens is 1. The Balaban J connectivity index is 1.86. The van der Waals surface area contributed by atoms with Gasteiger partial charge in [-0.25, -0.2) is 0 Å². The SMILES string of the molecule is CCCCOC[C@H]1SC(O)(c2ccc(Cl)c(C3OCCO3)c2)C[C@@H](OCCCC)[C@@H]1OCCCC. The van der Waals surface area contributed by atoms with Crippen LogP contribution in [0.3, 0.4) is 0 Å². The maximum absolute atomic E-state index is 12.0. The van der Waals surface area contributed by atoms with Crippen LogP contribution in [-0.4, -0.2) is 62.2 Å². The van der Waals surface area contributed by atoms with Gasteiger partial charge in [-0.15, -0.1) is 11.8 Å². The second-order valence-corrected chi connectivity index (χ2v) is 11.3. The molecule has 0 aromatic heterocycles. The van der Waals surface area contributed by atoms with Crippen LogP contribution < -0.4 is 0 Å². The number of ether oxygens (including phenoxy) is 5. The van der Waals surface area contributed by atoms with E-state index in [4.69, 9.17) is 35.3 Å². The fourth-order valence-corrected chi connectivity index (χ4v) is 6.15. The van der Waals surface area contributed by atoms with Crippen molar-refractivity contribution in [3.8, 4) is 0 Å². The summed E-state index contributed by atoms with van der Waals surface area (Å²) in [6, 6.07) is 5.63. The smallest absolute Gasteiger partial charge is 0.185 e. The van der Waals surface area contributed by atoms with Crippen LogP contribution in [0.4, 0.5) is 0 Å². The topological polar surface area (TPSA) is 66.4 Å². The molecule has 0 spiro atoms. The largest absolute Gasteiger partial charge is 0.380 e. The summed E-state index contributed by atoms with van der Waals surface area (Å²) in [5.74, 6) is 0. The molecule has 4 atom stereocenters. The first-order valence-electron chi connectivity index (χ1n) is 13.3. The number of rotatable bonds is 15. The average Bonchev–Trinajstić information content (AvgIpc) is 3.38. The quantitative estimate of drug-likeness (QED) is 0.270. The van der Waals surface area contributed by atoms with Gasteiger partial charge in [-0.2, -0.15) is 0 Å². The van der Waals surface area contributed by atoms with Gasteiger partial charge in [-0.1, -0.05) is 57.7 Å². The summed E-state index contributed by atoms with van der Waals surface area (Å²) in [5, 5.41) is 12.5. The summed E-state index contributed by atoms with van der Waals surface area (Å²) in [6.07, 6.45) is 5.75. The summed E-state index contributed by atoms with van der Waals surface area (Å²) in [4.78, 5) is -1.17. The van der Waals surface area contributed by atoms with Gasteiger partial charge in [-0.05, 0) is 37.0 Å². The Morgan fingerprint density at radius 2 is 1.66 bits per heavy atom. The summed E-state index contributed by atoms with van der Waals surface area (Å²) in [6.45, 7) is 10.1. The lowest BCUT2D eigenvalue weighted by molar-refractivity contribution is -0.110. The van der Waals surface area contributed by atoms with E-state index in [1.807, 2.05) is 18.2 Å². The predicted octanol–water partition coefficient (Wildman–Crippen LogP) is 6.22. The molecule has 1 aromatic rings. The molecule has 0 radical (unpaired) electrons. The minimum absolute atomic E-state index is 0.0628. The molecule has 2 aliphatic heterocycles. The third-order valence-corrected chi connectivity index (χ3v) is 8.29. The molecule has 0 bridgehead atoms. The van der Waals surface area contributed by atoms with E-state index in [-0.39, 0.29) is 17.5 Å². The van der Waals surface area contributed by atoms with E-state index in [1.54, 1.807) is 0 Å². The summed E-state index contributed by atoms with van der Waals surface area (Å²) < 4.78 is 30.2. The molecule has 1 N–H and O–H groups in total. The van der Waals surface area contributed by atoms with Crippen LogP contribution in [-0.2, 0) is 28.6 Å². The lowest BCUT2D eigenvalue weighted by atomic mass is 9.95. The molecule has 1 unspecified atom stereocenters. The Labute approximate surface area is 220 Å². The van der Waals surface area contributed by atoms with Gasteiger partial charge in [0, 0.05) is 36.8 Å². The van der Waals surface area contributed by atoms with E-state index < -0.39 is 11.2 Å². The summed E-state index contributed by atoms with van der Waals surface area (Å²) in [7, 11) is 0. The second kappa shape index (κ2) is 15.1. The minimum atomic E-state index is -1.17. The van der Waals surface area contributed by atoms with Gasteiger partial charge in [0.1, 0.15) is 4.93 Å². The van der Waals surface area contributed by atoms with Crippen LogP contribution in [0.1, 0.15) is 83.1 Å². The number of benzene rings is 1. The highest BCUT2D eigenvalue weighted by Gasteiger charge is 2.48. The molecule has 8 heteroatoms. The first-order chi connectivity index (χ1) is 17.0. The van der Waals surface area contributed by atoms with Crippen LogP contribution in [0.25, 0.3) is 0 Å². The number of hydrogen-bond donors (Lipinski definition) is 1. The van der Waals surface area contributed by atoms with Gasteiger partial charge >= 0.3 is 0 Å². The van der Waals surface area contributed by atoms with Gasteiger partial charge in [-0.3, -0.25) is 0 Å². The highest BCUT2D eigenvalue weighted by Crippen LogP contribution is 2.49. The molecule has 35 heavy (non-hydrogen) atoms. The van der Waals surface area contributed by atoms with E-state index in [0.717, 1.165) is 49.7 Å². The van der Waals surface area contributed by atoms with E-state index in [0.29, 0.717) is 51.1 Å². The maximum Gasteiger partial charge on any atom is 0.185 e. The monoisotopic (exact) mass is 530 g/mol. The lowest BCUT2D eigenvalue weighted by Crippen LogP contribution is -2.51. The molecule has 0 aliphatic carbocycles. The van der Waals surface area contributed by atoms with Gasteiger partial charge in [0.15, 0.2) is 6.29 Å². The molecular formula is C27H43ClO6S. The fourth-order valence-electron chi connectivity index (χ4n) is 4.37. The van der Waals surface area contributed by atoms with E-state index in [2.05, 4.69) is 20.8 Å². The van der Waals surface area contributed by atoms with Crippen LogP contribution in [0.5, 0.6) is 0 Å². The predicted molar refractivity (Wildman–Crippen MR) is 141 cm³/mol. The van der Waals surface area contributed by atoms with Crippen molar-refractivity contribution in [2.75, 3.05) is 39.6 Å². The molecule has 2 saturated heterocycles. The van der Waals surface area contributed by atoms with Crippen molar-refractivity contribution in [2.24, 2.45) is 0 Å². The van der Waals surface area contributed by atoms with Crippen LogP contribution in [0.15, 0.2) is 18.2 Å². The molecule has 1 aromatic carbocycles. The average molecular weight is 531 g/mol. The number of thioether (sulfide) groups is 1. The molecule has 2 heterocycles. The van der Waals surface area contributed by atoms with Crippen molar-refractivity contribution in [2.45, 2.75) is 94.4 Å². The normalized spacial score (nSPS) is 27.5. The van der Waals surface area contributed by atoms with E-state index in [9.17, 15) is 5.11 Å². The van der Waals surface area contributed by atoms with Crippen molar-refractivity contribution in [3.63, 3.8) is 0 Å². The zero-order chi connectivity index (χ0) is 25.1. The Bertz CT molecular complexity index is 746.